The van der Waals surface area contributed by atoms with E-state index in [1.54, 1.807) is 0 Å². The van der Waals surface area contributed by atoms with Crippen LogP contribution < -0.4 is 5.32 Å². The maximum absolute atomic E-state index is 10.5. The smallest absolute Gasteiger partial charge is 0.0805 e. The highest BCUT2D eigenvalue weighted by Crippen LogP contribution is 2.26. The fourth-order valence-electron chi connectivity index (χ4n) is 2.93. The third kappa shape index (κ3) is 2.70. The van der Waals surface area contributed by atoms with Gasteiger partial charge in [0.05, 0.1) is 17.8 Å². The Bertz CT molecular complexity index is 574. The van der Waals surface area contributed by atoms with Crippen molar-refractivity contribution >= 4 is 10.9 Å². The summed E-state index contributed by atoms with van der Waals surface area (Å²) in [5, 5.41) is 21.9. The average Bonchev–Trinajstić information content (AvgIpc) is 2.96. The number of aryl methyl sites for hydroxylation is 1. The molecular formula is C15H22N4O. The van der Waals surface area contributed by atoms with Gasteiger partial charge in [-0.25, -0.2) is 0 Å². The Kier molecular flexibility index (Phi) is 4.00. The molecule has 1 fully saturated rings. The standard InChI is InChI=1S/C15H22N4O/c1-11-12(2-3-14-13(11)10-17-18-14)15(20)4-7-19-8-5-16-6-9-19/h2-3,10,15-16,20H,4-9H2,1H3,(H,17,18). The minimum Gasteiger partial charge on any atom is -0.388 e. The summed E-state index contributed by atoms with van der Waals surface area (Å²) in [6.07, 6.45) is 2.21. The summed E-state index contributed by atoms with van der Waals surface area (Å²) in [5.41, 5.74) is 3.18. The normalized spacial score (nSPS) is 18.5. The van der Waals surface area contributed by atoms with Gasteiger partial charge in [-0.05, 0) is 30.5 Å². The maximum Gasteiger partial charge on any atom is 0.0805 e. The lowest BCUT2D eigenvalue weighted by molar-refractivity contribution is 0.136. The van der Waals surface area contributed by atoms with Gasteiger partial charge in [0.1, 0.15) is 0 Å². The maximum atomic E-state index is 10.5. The molecule has 3 rings (SSSR count). The Balaban J connectivity index is 1.68. The van der Waals surface area contributed by atoms with Crippen molar-refractivity contribution in [2.24, 2.45) is 0 Å². The van der Waals surface area contributed by atoms with Crippen LogP contribution in [0.25, 0.3) is 10.9 Å². The molecule has 1 atom stereocenters. The largest absolute Gasteiger partial charge is 0.388 e. The molecular weight excluding hydrogens is 252 g/mol. The third-order valence-corrected chi connectivity index (χ3v) is 4.22. The summed E-state index contributed by atoms with van der Waals surface area (Å²) in [4.78, 5) is 2.41. The van der Waals surface area contributed by atoms with Crippen LogP contribution >= 0.6 is 0 Å². The summed E-state index contributed by atoms with van der Waals surface area (Å²) in [7, 11) is 0. The Labute approximate surface area is 119 Å². The van der Waals surface area contributed by atoms with Gasteiger partial charge in [0, 0.05) is 38.1 Å². The minimum absolute atomic E-state index is 0.399. The van der Waals surface area contributed by atoms with E-state index < -0.39 is 6.10 Å². The van der Waals surface area contributed by atoms with Gasteiger partial charge in [0.25, 0.3) is 0 Å². The number of aromatic nitrogens is 2. The molecule has 0 spiro atoms. The Morgan fingerprint density at radius 1 is 1.35 bits per heavy atom. The number of aromatic amines is 1. The first-order valence-corrected chi connectivity index (χ1v) is 7.29. The number of rotatable bonds is 4. The third-order valence-electron chi connectivity index (χ3n) is 4.22. The molecule has 1 aromatic carbocycles. The van der Waals surface area contributed by atoms with E-state index in [4.69, 9.17) is 0 Å². The molecule has 5 nitrogen and oxygen atoms in total. The van der Waals surface area contributed by atoms with Crippen LogP contribution in [0.4, 0.5) is 0 Å². The predicted molar refractivity (Wildman–Crippen MR) is 79.7 cm³/mol. The average molecular weight is 274 g/mol. The lowest BCUT2D eigenvalue weighted by atomic mass is 9.98. The van der Waals surface area contributed by atoms with Crippen molar-refractivity contribution in [2.75, 3.05) is 32.7 Å². The minimum atomic E-state index is -0.399. The number of nitrogens with zero attached hydrogens (tertiary/aromatic N) is 2. The molecule has 0 saturated carbocycles. The summed E-state index contributed by atoms with van der Waals surface area (Å²) in [6.45, 7) is 7.26. The highest BCUT2D eigenvalue weighted by molar-refractivity contribution is 5.82. The van der Waals surface area contributed by atoms with Gasteiger partial charge < -0.3 is 15.3 Å². The van der Waals surface area contributed by atoms with Crippen molar-refractivity contribution < 1.29 is 5.11 Å². The van der Waals surface area contributed by atoms with Gasteiger partial charge in [-0.1, -0.05) is 6.07 Å². The summed E-state index contributed by atoms with van der Waals surface area (Å²) >= 11 is 0. The van der Waals surface area contributed by atoms with Gasteiger partial charge >= 0.3 is 0 Å². The Hall–Kier alpha value is -1.43. The van der Waals surface area contributed by atoms with Gasteiger partial charge in [-0.15, -0.1) is 0 Å². The number of nitrogens with one attached hydrogen (secondary N) is 2. The lowest BCUT2D eigenvalue weighted by Crippen LogP contribution is -2.44. The van der Waals surface area contributed by atoms with E-state index in [1.807, 2.05) is 18.3 Å². The van der Waals surface area contributed by atoms with E-state index >= 15 is 0 Å². The zero-order valence-electron chi connectivity index (χ0n) is 11.9. The molecule has 5 heteroatoms. The van der Waals surface area contributed by atoms with Crippen LogP contribution in [0.2, 0.25) is 0 Å². The van der Waals surface area contributed by atoms with E-state index in [9.17, 15) is 5.11 Å². The van der Waals surface area contributed by atoms with E-state index in [-0.39, 0.29) is 0 Å². The first-order chi connectivity index (χ1) is 9.75. The van der Waals surface area contributed by atoms with Crippen molar-refractivity contribution in [3.63, 3.8) is 0 Å². The number of aliphatic hydroxyl groups excluding tert-OH is 1. The molecule has 20 heavy (non-hydrogen) atoms. The first kappa shape index (κ1) is 13.5. The second-order valence-corrected chi connectivity index (χ2v) is 5.51. The fraction of sp³-hybridized carbons (Fsp3) is 0.533. The second-order valence-electron chi connectivity index (χ2n) is 5.51. The van der Waals surface area contributed by atoms with Crippen LogP contribution in [0, 0.1) is 6.92 Å². The zero-order valence-corrected chi connectivity index (χ0v) is 11.9. The first-order valence-electron chi connectivity index (χ1n) is 7.29. The van der Waals surface area contributed by atoms with Crippen LogP contribution in [0.5, 0.6) is 0 Å². The molecule has 3 N–H and O–H groups in total. The molecule has 1 aliphatic rings. The molecule has 0 radical (unpaired) electrons. The van der Waals surface area contributed by atoms with E-state index in [2.05, 4.69) is 27.3 Å². The van der Waals surface area contributed by atoms with Gasteiger partial charge in [0.15, 0.2) is 0 Å². The summed E-state index contributed by atoms with van der Waals surface area (Å²) in [5.74, 6) is 0. The van der Waals surface area contributed by atoms with Crippen LogP contribution in [-0.4, -0.2) is 52.9 Å². The number of benzene rings is 1. The van der Waals surface area contributed by atoms with Gasteiger partial charge in [-0.3, -0.25) is 5.10 Å². The number of hydrogen-bond donors (Lipinski definition) is 3. The molecule has 108 valence electrons. The van der Waals surface area contributed by atoms with Crippen LogP contribution in [0.1, 0.15) is 23.7 Å². The quantitative estimate of drug-likeness (QED) is 0.784. The predicted octanol–water partition coefficient (Wildman–Crippen LogP) is 1.20. The van der Waals surface area contributed by atoms with Crippen LogP contribution in [-0.2, 0) is 0 Å². The molecule has 2 heterocycles. The highest BCUT2D eigenvalue weighted by atomic mass is 16.3. The highest BCUT2D eigenvalue weighted by Gasteiger charge is 2.16. The molecule has 1 aliphatic heterocycles. The van der Waals surface area contributed by atoms with Crippen molar-refractivity contribution in [3.05, 3.63) is 29.5 Å². The number of piperazine rings is 1. The van der Waals surface area contributed by atoms with Crippen molar-refractivity contribution in [3.8, 4) is 0 Å². The number of H-pyrrole nitrogens is 1. The van der Waals surface area contributed by atoms with Crippen molar-refractivity contribution in [1.82, 2.24) is 20.4 Å². The number of hydrogen-bond acceptors (Lipinski definition) is 4. The lowest BCUT2D eigenvalue weighted by Gasteiger charge is -2.28. The van der Waals surface area contributed by atoms with Gasteiger partial charge in [-0.2, -0.15) is 5.10 Å². The van der Waals surface area contributed by atoms with Gasteiger partial charge in [0.2, 0.25) is 0 Å². The molecule has 2 aromatic rings. The monoisotopic (exact) mass is 274 g/mol. The van der Waals surface area contributed by atoms with Crippen LogP contribution in [0.3, 0.4) is 0 Å². The molecule has 1 unspecified atom stereocenters. The Morgan fingerprint density at radius 3 is 2.95 bits per heavy atom. The van der Waals surface area contributed by atoms with Crippen LogP contribution in [0.15, 0.2) is 18.3 Å². The van der Waals surface area contributed by atoms with E-state index in [1.165, 1.54) is 0 Å². The summed E-state index contributed by atoms with van der Waals surface area (Å²) < 4.78 is 0. The number of fused-ring (bicyclic) bond motifs is 1. The molecule has 0 bridgehead atoms. The van der Waals surface area contributed by atoms with E-state index in [0.717, 1.165) is 61.2 Å². The zero-order chi connectivity index (χ0) is 13.9. The van der Waals surface area contributed by atoms with E-state index in [0.29, 0.717) is 0 Å². The molecule has 1 saturated heterocycles. The molecule has 0 aliphatic carbocycles. The molecule has 0 amide bonds. The fourth-order valence-corrected chi connectivity index (χ4v) is 2.93. The topological polar surface area (TPSA) is 64.2 Å². The second kappa shape index (κ2) is 5.91. The number of aliphatic hydroxyl groups is 1. The van der Waals surface area contributed by atoms with Crippen molar-refractivity contribution in [1.29, 1.82) is 0 Å². The Morgan fingerprint density at radius 2 is 2.15 bits per heavy atom. The molecule has 1 aromatic heterocycles. The van der Waals surface area contributed by atoms with Crippen molar-refractivity contribution in [2.45, 2.75) is 19.4 Å². The summed E-state index contributed by atoms with van der Waals surface area (Å²) in [6, 6.07) is 4.01. The SMILES string of the molecule is Cc1c(C(O)CCN2CCNCC2)ccc2[nH]ncc12.